The molecule has 1 aromatic carbocycles. The summed E-state index contributed by atoms with van der Waals surface area (Å²) in [7, 11) is 1.64. The summed E-state index contributed by atoms with van der Waals surface area (Å²) in [6.45, 7) is 1.04. The molecule has 1 aromatic rings. The first-order chi connectivity index (χ1) is 9.72. The molecule has 0 aliphatic heterocycles. The molecule has 20 heavy (non-hydrogen) atoms. The number of anilines is 1. The molecular formula is C15H22N2O3. The number of carbonyl (C=O) groups excluding carboxylic acids is 2. The van der Waals surface area contributed by atoms with E-state index in [2.05, 4.69) is 10.6 Å². The maximum atomic E-state index is 11.6. The Hall–Kier alpha value is -1.88. The van der Waals surface area contributed by atoms with Crippen LogP contribution < -0.4 is 10.6 Å². The smallest absolute Gasteiger partial charge is 0.226 e. The zero-order chi connectivity index (χ0) is 14.6. The number of methoxy groups -OCH3 is 1. The lowest BCUT2D eigenvalue weighted by atomic mass is 10.2. The van der Waals surface area contributed by atoms with Crippen LogP contribution in [0.4, 0.5) is 5.69 Å². The molecule has 0 aliphatic carbocycles. The Labute approximate surface area is 119 Å². The van der Waals surface area contributed by atoms with Crippen LogP contribution in [0.3, 0.4) is 0 Å². The van der Waals surface area contributed by atoms with Crippen molar-refractivity contribution in [2.45, 2.75) is 25.7 Å². The van der Waals surface area contributed by atoms with Crippen LogP contribution in [-0.4, -0.2) is 32.1 Å². The summed E-state index contributed by atoms with van der Waals surface area (Å²) in [5.74, 6) is -0.121. The second kappa shape index (κ2) is 9.97. The number of carbonyl (C=O) groups is 2. The fourth-order valence-electron chi connectivity index (χ4n) is 1.68. The maximum Gasteiger partial charge on any atom is 0.226 e. The average molecular weight is 278 g/mol. The monoisotopic (exact) mass is 278 g/mol. The minimum Gasteiger partial charge on any atom is -0.385 e. The molecule has 0 aliphatic rings. The van der Waals surface area contributed by atoms with Crippen molar-refractivity contribution in [2.75, 3.05) is 25.6 Å². The van der Waals surface area contributed by atoms with Crippen molar-refractivity contribution < 1.29 is 14.3 Å². The van der Waals surface area contributed by atoms with Gasteiger partial charge in [0.1, 0.15) is 0 Å². The van der Waals surface area contributed by atoms with Gasteiger partial charge in [-0.15, -0.1) is 0 Å². The van der Waals surface area contributed by atoms with E-state index in [1.165, 1.54) is 0 Å². The number of rotatable bonds is 9. The molecule has 0 fully saturated rings. The molecule has 5 nitrogen and oxygen atoms in total. The lowest BCUT2D eigenvalue weighted by Gasteiger charge is -2.06. The number of nitrogens with one attached hydrogen (secondary N) is 2. The Morgan fingerprint density at radius 2 is 1.80 bits per heavy atom. The average Bonchev–Trinajstić information content (AvgIpc) is 2.45. The second-order valence-corrected chi connectivity index (χ2v) is 4.46. The first-order valence-corrected chi connectivity index (χ1v) is 6.83. The lowest BCUT2D eigenvalue weighted by Crippen LogP contribution is -2.27. The minimum absolute atomic E-state index is 0.0198. The molecule has 0 saturated carbocycles. The van der Waals surface area contributed by atoms with Gasteiger partial charge in [-0.25, -0.2) is 0 Å². The van der Waals surface area contributed by atoms with E-state index >= 15 is 0 Å². The molecule has 0 spiro atoms. The quantitative estimate of drug-likeness (QED) is 0.678. The van der Waals surface area contributed by atoms with Gasteiger partial charge in [0.2, 0.25) is 11.8 Å². The third-order valence-electron chi connectivity index (χ3n) is 2.73. The Morgan fingerprint density at radius 3 is 2.50 bits per heavy atom. The van der Waals surface area contributed by atoms with Crippen LogP contribution >= 0.6 is 0 Å². The molecule has 0 atom stereocenters. The normalized spacial score (nSPS) is 10.1. The number of amides is 2. The predicted octanol–water partition coefficient (Wildman–Crippen LogP) is 1.95. The number of benzene rings is 1. The van der Waals surface area contributed by atoms with Crippen molar-refractivity contribution in [3.63, 3.8) is 0 Å². The van der Waals surface area contributed by atoms with E-state index in [1.54, 1.807) is 7.11 Å². The van der Waals surface area contributed by atoms with Gasteiger partial charge in [-0.2, -0.15) is 0 Å². The molecule has 110 valence electrons. The first kappa shape index (κ1) is 16.2. The predicted molar refractivity (Wildman–Crippen MR) is 78.4 cm³/mol. The highest BCUT2D eigenvalue weighted by Gasteiger charge is 2.04. The van der Waals surface area contributed by atoms with Gasteiger partial charge in [0.25, 0.3) is 0 Å². The number of hydrogen-bond donors (Lipinski definition) is 2. The van der Waals surface area contributed by atoms with Crippen molar-refractivity contribution in [1.29, 1.82) is 0 Å². The molecule has 0 heterocycles. The number of hydrogen-bond acceptors (Lipinski definition) is 3. The Balaban J connectivity index is 2.08. The van der Waals surface area contributed by atoms with Crippen LogP contribution in [0.1, 0.15) is 25.7 Å². The van der Waals surface area contributed by atoms with Gasteiger partial charge in [-0.05, 0) is 25.0 Å². The third kappa shape index (κ3) is 7.53. The SMILES string of the molecule is COCCCCC(=O)NCCC(=O)Nc1ccccc1. The van der Waals surface area contributed by atoms with E-state index in [-0.39, 0.29) is 18.2 Å². The van der Waals surface area contributed by atoms with Gasteiger partial charge in [0, 0.05) is 38.8 Å². The summed E-state index contributed by atoms with van der Waals surface area (Å²) in [4.78, 5) is 23.1. The summed E-state index contributed by atoms with van der Waals surface area (Å²) >= 11 is 0. The van der Waals surface area contributed by atoms with Crippen molar-refractivity contribution in [3.8, 4) is 0 Å². The van der Waals surface area contributed by atoms with Gasteiger partial charge in [-0.1, -0.05) is 18.2 Å². The van der Waals surface area contributed by atoms with Gasteiger partial charge in [0.05, 0.1) is 0 Å². The highest BCUT2D eigenvalue weighted by atomic mass is 16.5. The van der Waals surface area contributed by atoms with Crippen molar-refractivity contribution in [2.24, 2.45) is 0 Å². The van der Waals surface area contributed by atoms with Crippen LogP contribution in [0.15, 0.2) is 30.3 Å². The van der Waals surface area contributed by atoms with E-state index < -0.39 is 0 Å². The number of unbranched alkanes of at least 4 members (excludes halogenated alkanes) is 1. The Bertz CT molecular complexity index is 407. The summed E-state index contributed by atoms with van der Waals surface area (Å²) in [6, 6.07) is 9.26. The Morgan fingerprint density at radius 1 is 1.05 bits per heavy atom. The van der Waals surface area contributed by atoms with Crippen LogP contribution in [0.2, 0.25) is 0 Å². The van der Waals surface area contributed by atoms with Gasteiger partial charge >= 0.3 is 0 Å². The van der Waals surface area contributed by atoms with Crippen molar-refractivity contribution in [3.05, 3.63) is 30.3 Å². The molecule has 0 radical (unpaired) electrons. The fraction of sp³-hybridized carbons (Fsp3) is 0.467. The van der Waals surface area contributed by atoms with E-state index in [0.717, 1.165) is 18.5 Å². The maximum absolute atomic E-state index is 11.6. The topological polar surface area (TPSA) is 67.4 Å². The summed E-state index contributed by atoms with van der Waals surface area (Å²) in [5.41, 5.74) is 0.767. The third-order valence-corrected chi connectivity index (χ3v) is 2.73. The molecular weight excluding hydrogens is 256 g/mol. The highest BCUT2D eigenvalue weighted by Crippen LogP contribution is 2.05. The van der Waals surface area contributed by atoms with Gasteiger partial charge < -0.3 is 15.4 Å². The zero-order valence-electron chi connectivity index (χ0n) is 11.9. The lowest BCUT2D eigenvalue weighted by molar-refractivity contribution is -0.121. The second-order valence-electron chi connectivity index (χ2n) is 4.46. The Kier molecular flexibility index (Phi) is 8.07. The number of ether oxygens (including phenoxy) is 1. The summed E-state index contributed by atoms with van der Waals surface area (Å²) in [5, 5.41) is 5.50. The minimum atomic E-state index is -0.101. The molecule has 5 heteroatoms. The molecule has 0 bridgehead atoms. The zero-order valence-corrected chi connectivity index (χ0v) is 11.9. The molecule has 2 amide bonds. The van der Waals surface area contributed by atoms with Gasteiger partial charge in [0.15, 0.2) is 0 Å². The van der Waals surface area contributed by atoms with Crippen molar-refractivity contribution >= 4 is 17.5 Å². The van der Waals surface area contributed by atoms with E-state index in [0.29, 0.717) is 19.6 Å². The van der Waals surface area contributed by atoms with Crippen LogP contribution in [0, 0.1) is 0 Å². The standard InChI is InChI=1S/C15H22N2O3/c1-20-12-6-5-9-14(18)16-11-10-15(19)17-13-7-3-2-4-8-13/h2-4,7-8H,5-6,9-12H2,1H3,(H,16,18)(H,17,19). The molecule has 0 unspecified atom stereocenters. The largest absolute Gasteiger partial charge is 0.385 e. The molecule has 0 saturated heterocycles. The van der Waals surface area contributed by atoms with Gasteiger partial charge in [-0.3, -0.25) is 9.59 Å². The molecule has 1 rings (SSSR count). The van der Waals surface area contributed by atoms with E-state index in [9.17, 15) is 9.59 Å². The summed E-state index contributed by atoms with van der Waals surface area (Å²) < 4.78 is 4.91. The molecule has 2 N–H and O–H groups in total. The molecule has 0 aromatic heterocycles. The summed E-state index contributed by atoms with van der Waals surface area (Å²) in [6.07, 6.45) is 2.43. The number of para-hydroxylation sites is 1. The van der Waals surface area contributed by atoms with Crippen molar-refractivity contribution in [1.82, 2.24) is 5.32 Å². The van der Waals surface area contributed by atoms with Crippen LogP contribution in [-0.2, 0) is 14.3 Å². The fourth-order valence-corrected chi connectivity index (χ4v) is 1.68. The van der Waals surface area contributed by atoms with Crippen LogP contribution in [0.25, 0.3) is 0 Å². The van der Waals surface area contributed by atoms with E-state index in [4.69, 9.17) is 4.74 Å². The first-order valence-electron chi connectivity index (χ1n) is 6.83. The van der Waals surface area contributed by atoms with E-state index in [1.807, 2.05) is 30.3 Å². The van der Waals surface area contributed by atoms with Crippen LogP contribution in [0.5, 0.6) is 0 Å². The highest BCUT2D eigenvalue weighted by molar-refractivity contribution is 5.91.